The fraction of sp³-hybridized carbons (Fsp3) is 0.857. The van der Waals surface area contributed by atoms with Crippen LogP contribution in [0.5, 0.6) is 0 Å². The van der Waals surface area contributed by atoms with Crippen molar-refractivity contribution >= 4 is 22.0 Å². The first-order valence-corrected chi connectivity index (χ1v) is 4.85. The molecule has 0 saturated heterocycles. The van der Waals surface area contributed by atoms with Gasteiger partial charge in [0.2, 0.25) is 0 Å². The topological polar surface area (TPSA) is 64.3 Å². The first-order chi connectivity index (χ1) is 5.48. The first kappa shape index (κ1) is 11.7. The van der Waals surface area contributed by atoms with Crippen molar-refractivity contribution in [3.05, 3.63) is 0 Å². The molecule has 0 aliphatic heterocycles. The van der Waals surface area contributed by atoms with Gasteiger partial charge >= 0.3 is 6.09 Å². The SMILES string of the molecule is CC(C)(CNCCBr)OC(N)=O. The lowest BCUT2D eigenvalue weighted by Crippen LogP contribution is -2.41. The lowest BCUT2D eigenvalue weighted by molar-refractivity contribution is 0.0462. The highest BCUT2D eigenvalue weighted by Crippen LogP contribution is 2.06. The maximum absolute atomic E-state index is 10.4. The van der Waals surface area contributed by atoms with Crippen LogP contribution in [0.3, 0.4) is 0 Å². The molecule has 0 atom stereocenters. The second-order valence-corrected chi connectivity index (χ2v) is 3.84. The molecule has 0 bridgehead atoms. The molecule has 12 heavy (non-hydrogen) atoms. The number of ether oxygens (including phenoxy) is 1. The fourth-order valence-electron chi connectivity index (χ4n) is 0.765. The van der Waals surface area contributed by atoms with Gasteiger partial charge in [0.05, 0.1) is 0 Å². The fourth-order valence-corrected chi connectivity index (χ4v) is 1.05. The minimum Gasteiger partial charge on any atom is -0.442 e. The van der Waals surface area contributed by atoms with Gasteiger partial charge in [0.25, 0.3) is 0 Å². The second kappa shape index (κ2) is 5.37. The van der Waals surface area contributed by atoms with E-state index < -0.39 is 11.7 Å². The molecule has 0 heterocycles. The third kappa shape index (κ3) is 6.42. The van der Waals surface area contributed by atoms with Crippen molar-refractivity contribution in [2.75, 3.05) is 18.4 Å². The molecular weight excluding hydrogens is 224 g/mol. The van der Waals surface area contributed by atoms with Gasteiger partial charge in [0.1, 0.15) is 5.60 Å². The summed E-state index contributed by atoms with van der Waals surface area (Å²) in [5.74, 6) is 0. The summed E-state index contributed by atoms with van der Waals surface area (Å²) in [6.45, 7) is 5.05. The van der Waals surface area contributed by atoms with Crippen LogP contribution in [-0.2, 0) is 4.74 Å². The van der Waals surface area contributed by atoms with E-state index in [1.165, 1.54) is 0 Å². The number of halogens is 1. The average molecular weight is 239 g/mol. The van der Waals surface area contributed by atoms with Gasteiger partial charge in [-0.15, -0.1) is 0 Å². The number of hydrogen-bond donors (Lipinski definition) is 2. The van der Waals surface area contributed by atoms with Gasteiger partial charge in [0, 0.05) is 18.4 Å². The van der Waals surface area contributed by atoms with Crippen molar-refractivity contribution in [3.8, 4) is 0 Å². The monoisotopic (exact) mass is 238 g/mol. The highest BCUT2D eigenvalue weighted by atomic mass is 79.9. The molecule has 0 aromatic rings. The van der Waals surface area contributed by atoms with Crippen LogP contribution in [0.15, 0.2) is 0 Å². The zero-order chi connectivity index (χ0) is 9.61. The van der Waals surface area contributed by atoms with Crippen molar-refractivity contribution < 1.29 is 9.53 Å². The molecule has 0 aromatic carbocycles. The highest BCUT2D eigenvalue weighted by Gasteiger charge is 2.20. The number of amides is 1. The van der Waals surface area contributed by atoms with E-state index in [-0.39, 0.29) is 0 Å². The van der Waals surface area contributed by atoms with Gasteiger partial charge in [-0.1, -0.05) is 15.9 Å². The molecule has 3 N–H and O–H groups in total. The molecule has 0 saturated carbocycles. The molecule has 0 unspecified atom stereocenters. The molecular formula is C7H15BrN2O2. The van der Waals surface area contributed by atoms with Gasteiger partial charge in [-0.25, -0.2) is 4.79 Å². The Morgan fingerprint density at radius 2 is 2.25 bits per heavy atom. The molecule has 4 nitrogen and oxygen atoms in total. The van der Waals surface area contributed by atoms with Crippen molar-refractivity contribution in [3.63, 3.8) is 0 Å². The normalized spacial score (nSPS) is 11.2. The average Bonchev–Trinajstić information content (AvgIpc) is 1.84. The predicted molar refractivity (Wildman–Crippen MR) is 51.4 cm³/mol. The van der Waals surface area contributed by atoms with Crippen LogP contribution >= 0.6 is 15.9 Å². The molecule has 0 rings (SSSR count). The number of nitrogens with one attached hydrogen (secondary N) is 1. The molecule has 0 spiro atoms. The maximum Gasteiger partial charge on any atom is 0.405 e. The minimum atomic E-state index is -0.736. The Labute approximate surface area is 81.0 Å². The van der Waals surface area contributed by atoms with Gasteiger partial charge < -0.3 is 15.8 Å². The van der Waals surface area contributed by atoms with Gasteiger partial charge in [-0.2, -0.15) is 0 Å². The number of primary amides is 1. The Bertz CT molecular complexity index is 150. The van der Waals surface area contributed by atoms with Gasteiger partial charge in [0.15, 0.2) is 0 Å². The molecule has 72 valence electrons. The largest absolute Gasteiger partial charge is 0.442 e. The third-order valence-corrected chi connectivity index (χ3v) is 1.60. The highest BCUT2D eigenvalue weighted by molar-refractivity contribution is 9.09. The number of carbonyl (C=O) groups excluding carboxylic acids is 1. The van der Waals surface area contributed by atoms with E-state index in [1.807, 2.05) is 0 Å². The van der Waals surface area contributed by atoms with Crippen LogP contribution in [0.2, 0.25) is 0 Å². The summed E-state index contributed by atoms with van der Waals surface area (Å²) in [6, 6.07) is 0. The van der Waals surface area contributed by atoms with Crippen LogP contribution in [0.4, 0.5) is 4.79 Å². The molecule has 5 heteroatoms. The van der Waals surface area contributed by atoms with E-state index in [0.29, 0.717) is 6.54 Å². The van der Waals surface area contributed by atoms with Crippen molar-refractivity contribution in [1.82, 2.24) is 5.32 Å². The molecule has 0 aliphatic carbocycles. The van der Waals surface area contributed by atoms with Crippen molar-refractivity contribution in [2.45, 2.75) is 19.4 Å². The Balaban J connectivity index is 3.63. The van der Waals surface area contributed by atoms with Crippen LogP contribution < -0.4 is 11.1 Å². The molecule has 0 fully saturated rings. The first-order valence-electron chi connectivity index (χ1n) is 3.73. The summed E-state index contributed by atoms with van der Waals surface area (Å²) in [4.78, 5) is 10.4. The summed E-state index contributed by atoms with van der Waals surface area (Å²) in [7, 11) is 0. The summed E-state index contributed by atoms with van der Waals surface area (Å²) in [5.41, 5.74) is 4.35. The molecule has 0 aliphatic rings. The van der Waals surface area contributed by atoms with E-state index in [2.05, 4.69) is 21.2 Å². The summed E-state index contributed by atoms with van der Waals surface area (Å²) < 4.78 is 4.85. The number of hydrogen-bond acceptors (Lipinski definition) is 3. The quantitative estimate of drug-likeness (QED) is 0.552. The number of rotatable bonds is 5. The van der Waals surface area contributed by atoms with E-state index >= 15 is 0 Å². The number of carbonyl (C=O) groups is 1. The lowest BCUT2D eigenvalue weighted by atomic mass is 10.1. The minimum absolute atomic E-state index is 0.534. The van der Waals surface area contributed by atoms with Gasteiger partial charge in [-0.3, -0.25) is 0 Å². The molecule has 0 aromatic heterocycles. The van der Waals surface area contributed by atoms with E-state index in [9.17, 15) is 4.79 Å². The van der Waals surface area contributed by atoms with Crippen LogP contribution in [0.1, 0.15) is 13.8 Å². The van der Waals surface area contributed by atoms with E-state index in [0.717, 1.165) is 11.9 Å². The summed E-state index contributed by atoms with van der Waals surface area (Å²) in [6.07, 6.45) is -0.736. The molecule has 0 radical (unpaired) electrons. The smallest absolute Gasteiger partial charge is 0.405 e. The Hall–Kier alpha value is -0.290. The zero-order valence-corrected chi connectivity index (χ0v) is 8.98. The standard InChI is InChI=1S/C7H15BrN2O2/c1-7(2,12-6(9)11)5-10-4-3-8/h10H,3-5H2,1-2H3,(H2,9,11). The third-order valence-electron chi connectivity index (χ3n) is 1.20. The molecule has 1 amide bonds. The Morgan fingerprint density at radius 3 is 2.67 bits per heavy atom. The van der Waals surface area contributed by atoms with Crippen molar-refractivity contribution in [2.24, 2.45) is 5.73 Å². The van der Waals surface area contributed by atoms with Crippen LogP contribution in [0, 0.1) is 0 Å². The maximum atomic E-state index is 10.4. The van der Waals surface area contributed by atoms with E-state index in [4.69, 9.17) is 10.5 Å². The Kier molecular flexibility index (Phi) is 5.24. The van der Waals surface area contributed by atoms with Crippen LogP contribution in [-0.4, -0.2) is 30.1 Å². The Morgan fingerprint density at radius 1 is 1.67 bits per heavy atom. The van der Waals surface area contributed by atoms with E-state index in [1.54, 1.807) is 13.8 Å². The summed E-state index contributed by atoms with van der Waals surface area (Å²) in [5, 5.41) is 3.98. The summed E-state index contributed by atoms with van der Waals surface area (Å²) >= 11 is 3.27. The zero-order valence-electron chi connectivity index (χ0n) is 7.39. The van der Waals surface area contributed by atoms with Gasteiger partial charge in [-0.05, 0) is 13.8 Å². The number of nitrogens with two attached hydrogens (primary N) is 1. The van der Waals surface area contributed by atoms with Crippen LogP contribution in [0.25, 0.3) is 0 Å². The van der Waals surface area contributed by atoms with Crippen molar-refractivity contribution in [1.29, 1.82) is 0 Å². The second-order valence-electron chi connectivity index (χ2n) is 3.05. The predicted octanol–water partition coefficient (Wildman–Crippen LogP) is 0.845. The lowest BCUT2D eigenvalue weighted by Gasteiger charge is -2.23. The number of alkyl halides is 1.